The highest BCUT2D eigenvalue weighted by atomic mass is 35.5. The summed E-state index contributed by atoms with van der Waals surface area (Å²) in [6.07, 6.45) is -3.09. The predicted molar refractivity (Wildman–Crippen MR) is 106 cm³/mol. The Hall–Kier alpha value is -1.96. The zero-order valence-corrected chi connectivity index (χ0v) is 17.0. The van der Waals surface area contributed by atoms with Crippen LogP contribution in [0.15, 0.2) is 36.4 Å². The van der Waals surface area contributed by atoms with Gasteiger partial charge in [0.05, 0.1) is 19.3 Å². The van der Waals surface area contributed by atoms with Crippen molar-refractivity contribution in [3.8, 4) is 5.75 Å². The minimum atomic E-state index is -1.72. The lowest BCUT2D eigenvalue weighted by atomic mass is 9.88. The highest BCUT2D eigenvalue weighted by Crippen LogP contribution is 2.45. The molecular formula is C22H23ClO6. The maximum Gasteiger partial charge on any atom is 0.260 e. The first-order valence-corrected chi connectivity index (χ1v) is 9.99. The van der Waals surface area contributed by atoms with Crippen molar-refractivity contribution in [2.24, 2.45) is 0 Å². The van der Waals surface area contributed by atoms with Crippen molar-refractivity contribution in [2.75, 3.05) is 6.61 Å². The van der Waals surface area contributed by atoms with Crippen LogP contribution in [0, 0.1) is 0 Å². The van der Waals surface area contributed by atoms with Crippen LogP contribution in [0.5, 0.6) is 5.75 Å². The maximum absolute atomic E-state index is 12.8. The van der Waals surface area contributed by atoms with Crippen molar-refractivity contribution < 1.29 is 29.2 Å². The summed E-state index contributed by atoms with van der Waals surface area (Å²) < 4.78 is 17.0. The second kappa shape index (κ2) is 7.70. The molecule has 0 bridgehead atoms. The van der Waals surface area contributed by atoms with Gasteiger partial charge in [-0.2, -0.15) is 0 Å². The Morgan fingerprint density at radius 1 is 1.24 bits per heavy atom. The van der Waals surface area contributed by atoms with Crippen LogP contribution in [0.3, 0.4) is 0 Å². The van der Waals surface area contributed by atoms with Gasteiger partial charge in [-0.1, -0.05) is 23.7 Å². The van der Waals surface area contributed by atoms with Gasteiger partial charge in [-0.05, 0) is 61.2 Å². The van der Waals surface area contributed by atoms with Gasteiger partial charge in [0.15, 0.2) is 0 Å². The van der Waals surface area contributed by atoms with E-state index < -0.39 is 29.9 Å². The van der Waals surface area contributed by atoms with E-state index in [9.17, 15) is 15.0 Å². The fourth-order valence-electron chi connectivity index (χ4n) is 3.87. The minimum Gasteiger partial charge on any atom is -0.494 e. The van der Waals surface area contributed by atoms with Gasteiger partial charge in [0, 0.05) is 10.6 Å². The molecule has 2 N–H and O–H groups in total. The van der Waals surface area contributed by atoms with Gasteiger partial charge in [0.1, 0.15) is 18.0 Å². The molecule has 0 saturated carbocycles. The monoisotopic (exact) mass is 418 g/mol. The van der Waals surface area contributed by atoms with Crippen LogP contribution in [-0.2, 0) is 33.1 Å². The predicted octanol–water partition coefficient (Wildman–Crippen LogP) is 2.72. The van der Waals surface area contributed by atoms with Crippen LogP contribution in [-0.4, -0.2) is 40.9 Å². The van der Waals surface area contributed by atoms with E-state index in [1.165, 1.54) is 0 Å². The van der Waals surface area contributed by atoms with Crippen LogP contribution >= 0.6 is 11.6 Å². The van der Waals surface area contributed by atoms with Gasteiger partial charge in [-0.25, -0.2) is 0 Å². The summed E-state index contributed by atoms with van der Waals surface area (Å²) in [6.45, 7) is 4.27. The molecule has 2 aromatic carbocycles. The first-order chi connectivity index (χ1) is 13.9. The van der Waals surface area contributed by atoms with E-state index in [1.807, 2.05) is 31.2 Å². The quantitative estimate of drug-likeness (QED) is 0.794. The summed E-state index contributed by atoms with van der Waals surface area (Å²) >= 11 is 6.49. The van der Waals surface area contributed by atoms with E-state index >= 15 is 0 Å². The van der Waals surface area contributed by atoms with Crippen LogP contribution in [0.4, 0.5) is 0 Å². The Labute approximate surface area is 174 Å². The Kier molecular flexibility index (Phi) is 5.40. The van der Waals surface area contributed by atoms with Crippen LogP contribution < -0.4 is 4.74 Å². The summed E-state index contributed by atoms with van der Waals surface area (Å²) in [7, 11) is 0. The van der Waals surface area contributed by atoms with Gasteiger partial charge < -0.3 is 24.4 Å². The fourth-order valence-corrected chi connectivity index (χ4v) is 4.12. The average Bonchev–Trinajstić information content (AvgIpc) is 3.05. The maximum atomic E-state index is 12.8. The second-order valence-corrected chi connectivity index (χ2v) is 7.79. The van der Waals surface area contributed by atoms with Gasteiger partial charge >= 0.3 is 0 Å². The Morgan fingerprint density at radius 2 is 1.97 bits per heavy atom. The van der Waals surface area contributed by atoms with E-state index in [2.05, 4.69) is 0 Å². The molecule has 0 aliphatic carbocycles. The highest BCUT2D eigenvalue weighted by molar-refractivity contribution is 6.31. The summed E-state index contributed by atoms with van der Waals surface area (Å²) in [4.78, 5) is 12.8. The largest absolute Gasteiger partial charge is 0.494 e. The van der Waals surface area contributed by atoms with E-state index in [-0.39, 0.29) is 6.61 Å². The lowest BCUT2D eigenvalue weighted by Crippen LogP contribution is -2.59. The van der Waals surface area contributed by atoms with E-state index in [1.54, 1.807) is 19.1 Å². The molecule has 2 heterocycles. The molecular weight excluding hydrogens is 396 g/mol. The van der Waals surface area contributed by atoms with Crippen LogP contribution in [0.2, 0.25) is 5.02 Å². The first-order valence-electron chi connectivity index (χ1n) is 9.61. The molecule has 2 aliphatic heterocycles. The topological polar surface area (TPSA) is 85.2 Å². The normalized spacial score (nSPS) is 28.6. The average molecular weight is 419 g/mol. The van der Waals surface area contributed by atoms with Crippen molar-refractivity contribution in [1.82, 2.24) is 0 Å². The number of carbonyl (C=O) groups excluding carboxylic acids is 1. The fraction of sp³-hybridized carbons (Fsp3) is 0.409. The second-order valence-electron chi connectivity index (χ2n) is 7.38. The first kappa shape index (κ1) is 20.3. The number of Topliss-reactive ketones (excluding diaryl/α,β-unsaturated/α-hetero) is 1. The summed E-state index contributed by atoms with van der Waals surface area (Å²) in [5.41, 5.74) is 3.10. The highest BCUT2D eigenvalue weighted by Gasteiger charge is 2.57. The number of fused-ring (bicyclic) bond motifs is 2. The Bertz CT molecular complexity index is 928. The van der Waals surface area contributed by atoms with Crippen molar-refractivity contribution in [2.45, 2.75) is 51.0 Å². The van der Waals surface area contributed by atoms with Crippen molar-refractivity contribution in [3.63, 3.8) is 0 Å². The van der Waals surface area contributed by atoms with Gasteiger partial charge in [-0.15, -0.1) is 0 Å². The zero-order valence-electron chi connectivity index (χ0n) is 16.2. The molecule has 29 heavy (non-hydrogen) atoms. The summed E-state index contributed by atoms with van der Waals surface area (Å²) in [5.74, 6) is -1.62. The molecule has 2 aromatic rings. The summed E-state index contributed by atoms with van der Waals surface area (Å²) in [6, 6.07) is 11.3. The summed E-state index contributed by atoms with van der Waals surface area (Å²) in [5, 5.41) is 20.7. The molecule has 0 radical (unpaired) electrons. The number of benzene rings is 2. The van der Waals surface area contributed by atoms with Crippen molar-refractivity contribution >= 4 is 17.4 Å². The lowest BCUT2D eigenvalue weighted by molar-refractivity contribution is -0.287. The molecule has 7 heteroatoms. The third kappa shape index (κ3) is 3.45. The zero-order chi connectivity index (χ0) is 20.8. The molecule has 4 rings (SSSR count). The van der Waals surface area contributed by atoms with Gasteiger partial charge in [0.25, 0.3) is 5.79 Å². The third-order valence-electron chi connectivity index (χ3n) is 5.44. The number of carbonyl (C=O) groups is 1. The molecule has 154 valence electrons. The third-order valence-corrected chi connectivity index (χ3v) is 5.79. The van der Waals surface area contributed by atoms with Crippen molar-refractivity contribution in [1.29, 1.82) is 0 Å². The SMILES string of the molecule is CCOc1ccc(Cc2cc3c(cc2Cl)CO[C@]32O[C@H](C)C(O)[C@H](O)C2=O)cc1. The number of halogens is 1. The van der Waals surface area contributed by atoms with E-state index in [4.69, 9.17) is 25.8 Å². The molecule has 1 fully saturated rings. The van der Waals surface area contributed by atoms with Gasteiger partial charge in [-0.3, -0.25) is 4.79 Å². The molecule has 1 unspecified atom stereocenters. The number of ether oxygens (including phenoxy) is 3. The van der Waals surface area contributed by atoms with Crippen LogP contribution in [0.25, 0.3) is 0 Å². The molecule has 4 atom stereocenters. The van der Waals surface area contributed by atoms with Crippen LogP contribution in [0.1, 0.15) is 36.1 Å². The van der Waals surface area contributed by atoms with Crippen molar-refractivity contribution in [3.05, 3.63) is 63.7 Å². The smallest absolute Gasteiger partial charge is 0.260 e. The molecule has 2 aliphatic rings. The Morgan fingerprint density at radius 3 is 2.66 bits per heavy atom. The Balaban J connectivity index is 1.68. The molecule has 1 saturated heterocycles. The number of aliphatic hydroxyl groups excluding tert-OH is 2. The van der Waals surface area contributed by atoms with E-state index in [0.717, 1.165) is 22.4 Å². The number of ketones is 1. The lowest BCUT2D eigenvalue weighted by Gasteiger charge is -2.40. The standard InChI is InChI=1S/C22H23ClO6/c1-3-27-16-6-4-13(5-7-16)8-14-9-17-15(10-18(14)23)11-28-22(17)21(26)20(25)19(24)12(2)29-22/h4-7,9-10,12,19-20,24-25H,3,8,11H2,1-2H3/t12-,19?,20+,22+/m1/s1. The number of rotatable bonds is 4. The minimum absolute atomic E-state index is 0.139. The number of hydrogen-bond donors (Lipinski definition) is 2. The number of hydrogen-bond acceptors (Lipinski definition) is 6. The molecule has 6 nitrogen and oxygen atoms in total. The number of aliphatic hydroxyl groups is 2. The van der Waals surface area contributed by atoms with Gasteiger partial charge in [0.2, 0.25) is 5.78 Å². The molecule has 1 spiro atoms. The molecule has 0 aromatic heterocycles. The molecule has 0 amide bonds. The van der Waals surface area contributed by atoms with E-state index in [0.29, 0.717) is 23.6 Å².